The lowest BCUT2D eigenvalue weighted by atomic mass is 10.2. The SMILES string of the molecule is O=C(O)O.O=C(O)O.O=C(O)O.O=C(O)O.c1ccc(-c2ccccn2)nc1. The predicted molar refractivity (Wildman–Crippen MR) is 90.1 cm³/mol. The molecule has 0 saturated carbocycles. The van der Waals surface area contributed by atoms with Gasteiger partial charge in [-0.25, -0.2) is 19.2 Å². The zero-order chi connectivity index (χ0) is 22.5. The molecule has 0 saturated heterocycles. The Morgan fingerprint density at radius 3 is 0.857 bits per heavy atom. The fourth-order valence-corrected chi connectivity index (χ4v) is 1.03. The third kappa shape index (κ3) is 37.5. The van der Waals surface area contributed by atoms with Crippen molar-refractivity contribution in [3.63, 3.8) is 0 Å². The number of hydrogen-bond donors (Lipinski definition) is 8. The highest BCUT2D eigenvalue weighted by Crippen LogP contribution is 2.10. The van der Waals surface area contributed by atoms with E-state index in [9.17, 15) is 0 Å². The average molecular weight is 404 g/mol. The van der Waals surface area contributed by atoms with Crippen molar-refractivity contribution in [2.45, 2.75) is 0 Å². The summed E-state index contributed by atoms with van der Waals surface area (Å²) < 4.78 is 0. The quantitative estimate of drug-likeness (QED) is 0.340. The summed E-state index contributed by atoms with van der Waals surface area (Å²) in [5.41, 5.74) is 1.83. The molecule has 0 aliphatic rings. The van der Waals surface area contributed by atoms with Gasteiger partial charge < -0.3 is 40.9 Å². The van der Waals surface area contributed by atoms with Gasteiger partial charge in [0.05, 0.1) is 11.4 Å². The van der Waals surface area contributed by atoms with Gasteiger partial charge in [-0.3, -0.25) is 9.97 Å². The van der Waals surface area contributed by atoms with Crippen LogP contribution < -0.4 is 0 Å². The van der Waals surface area contributed by atoms with E-state index in [4.69, 9.17) is 60.0 Å². The van der Waals surface area contributed by atoms with Gasteiger partial charge in [-0.05, 0) is 24.3 Å². The van der Waals surface area contributed by atoms with E-state index in [-0.39, 0.29) is 0 Å². The molecular weight excluding hydrogens is 388 g/mol. The maximum absolute atomic E-state index is 8.56. The van der Waals surface area contributed by atoms with Crippen LogP contribution >= 0.6 is 0 Å². The van der Waals surface area contributed by atoms with Crippen LogP contribution in [0.1, 0.15) is 0 Å². The first-order chi connectivity index (χ1) is 12.9. The lowest BCUT2D eigenvalue weighted by molar-refractivity contribution is 0.135. The molecule has 0 atom stereocenters. The number of pyridine rings is 2. The highest BCUT2D eigenvalue weighted by molar-refractivity contribution is 5.54. The average Bonchev–Trinajstić information content (AvgIpc) is 2.54. The molecule has 28 heavy (non-hydrogen) atoms. The molecule has 0 aromatic carbocycles. The minimum absolute atomic E-state index is 0.915. The van der Waals surface area contributed by atoms with E-state index in [2.05, 4.69) is 9.97 Å². The summed E-state index contributed by atoms with van der Waals surface area (Å²) in [5.74, 6) is 0. The fraction of sp³-hybridized carbons (Fsp3) is 0. The minimum atomic E-state index is -1.83. The molecule has 2 aromatic heterocycles. The van der Waals surface area contributed by atoms with Crippen LogP contribution in [0, 0.1) is 0 Å². The molecule has 0 unspecified atom stereocenters. The van der Waals surface area contributed by atoms with Gasteiger partial charge in [0.15, 0.2) is 0 Å². The summed E-state index contributed by atoms with van der Waals surface area (Å²) in [6, 6.07) is 11.6. The van der Waals surface area contributed by atoms with E-state index in [1.807, 2.05) is 36.4 Å². The molecule has 0 aliphatic carbocycles. The second kappa shape index (κ2) is 18.7. The summed E-state index contributed by atoms with van der Waals surface area (Å²) >= 11 is 0. The molecule has 0 aliphatic heterocycles. The van der Waals surface area contributed by atoms with Crippen molar-refractivity contribution >= 4 is 24.6 Å². The minimum Gasteiger partial charge on any atom is -0.450 e. The molecular formula is C14H16N2O12. The largest absolute Gasteiger partial charge is 0.503 e. The molecule has 2 rings (SSSR count). The fourth-order valence-electron chi connectivity index (χ4n) is 1.03. The molecule has 0 spiro atoms. The Morgan fingerprint density at radius 1 is 0.500 bits per heavy atom. The zero-order valence-corrected chi connectivity index (χ0v) is 13.7. The van der Waals surface area contributed by atoms with Crippen LogP contribution in [0.4, 0.5) is 19.2 Å². The summed E-state index contributed by atoms with van der Waals surface area (Å²) in [6.07, 6.45) is -3.80. The van der Waals surface area contributed by atoms with Crippen LogP contribution in [0.25, 0.3) is 11.4 Å². The Balaban J connectivity index is -0.000000328. The Kier molecular flexibility index (Phi) is 18.8. The zero-order valence-electron chi connectivity index (χ0n) is 13.7. The van der Waals surface area contributed by atoms with Crippen molar-refractivity contribution in [1.29, 1.82) is 0 Å². The van der Waals surface area contributed by atoms with E-state index in [0.29, 0.717) is 0 Å². The standard InChI is InChI=1S/C10H8N2.4CH2O3/c1-3-7-11-9(5-1)10-6-2-4-8-12-10;4*2-1(3)4/h1-8H;4*(H2,2,3,4). The molecule has 154 valence electrons. The second-order valence-electron chi connectivity index (χ2n) is 3.56. The number of nitrogens with zero attached hydrogens (tertiary/aromatic N) is 2. The van der Waals surface area contributed by atoms with Crippen LogP contribution in [0.2, 0.25) is 0 Å². The number of carboxylic acid groups (broad SMARTS) is 8. The molecule has 0 fully saturated rings. The van der Waals surface area contributed by atoms with Gasteiger partial charge >= 0.3 is 24.6 Å². The molecule has 0 amide bonds. The van der Waals surface area contributed by atoms with E-state index in [1.165, 1.54) is 0 Å². The normalized spacial score (nSPS) is 7.57. The van der Waals surface area contributed by atoms with Crippen molar-refractivity contribution < 1.29 is 60.0 Å². The number of hydrogen-bond acceptors (Lipinski definition) is 6. The van der Waals surface area contributed by atoms with Gasteiger partial charge in [-0.1, -0.05) is 12.1 Å². The van der Waals surface area contributed by atoms with E-state index in [1.54, 1.807) is 12.4 Å². The Hall–Kier alpha value is -4.62. The highest BCUT2D eigenvalue weighted by atomic mass is 16.6. The van der Waals surface area contributed by atoms with Crippen LogP contribution in [0.3, 0.4) is 0 Å². The van der Waals surface area contributed by atoms with Crippen molar-refractivity contribution in [2.75, 3.05) is 0 Å². The van der Waals surface area contributed by atoms with Crippen LogP contribution in [-0.4, -0.2) is 75.4 Å². The third-order valence-electron chi connectivity index (χ3n) is 1.59. The molecule has 14 heteroatoms. The molecule has 2 heterocycles. The van der Waals surface area contributed by atoms with E-state index >= 15 is 0 Å². The van der Waals surface area contributed by atoms with Gasteiger partial charge in [0.1, 0.15) is 0 Å². The maximum atomic E-state index is 8.56. The lowest BCUT2D eigenvalue weighted by Crippen LogP contribution is -1.83. The first-order valence-electron chi connectivity index (χ1n) is 6.40. The number of rotatable bonds is 1. The van der Waals surface area contributed by atoms with Crippen LogP contribution in [0.5, 0.6) is 0 Å². The topological polar surface area (TPSA) is 256 Å². The lowest BCUT2D eigenvalue weighted by Gasteiger charge is -1.96. The predicted octanol–water partition coefficient (Wildman–Crippen LogP) is 3.03. The maximum Gasteiger partial charge on any atom is 0.503 e. The summed E-state index contributed by atoms with van der Waals surface area (Å²) in [5, 5.41) is 55.8. The molecule has 0 radical (unpaired) electrons. The third-order valence-corrected chi connectivity index (χ3v) is 1.59. The Labute approximate surface area is 155 Å². The second-order valence-corrected chi connectivity index (χ2v) is 3.56. The van der Waals surface area contributed by atoms with Gasteiger partial charge in [-0.15, -0.1) is 0 Å². The van der Waals surface area contributed by atoms with Crippen molar-refractivity contribution in [1.82, 2.24) is 9.97 Å². The number of aromatic nitrogens is 2. The Bertz CT molecular complexity index is 592. The highest BCUT2D eigenvalue weighted by Gasteiger charge is 1.95. The van der Waals surface area contributed by atoms with Gasteiger partial charge in [-0.2, -0.15) is 0 Å². The van der Waals surface area contributed by atoms with E-state index < -0.39 is 24.6 Å². The first-order valence-corrected chi connectivity index (χ1v) is 6.40. The van der Waals surface area contributed by atoms with Crippen LogP contribution in [-0.2, 0) is 0 Å². The van der Waals surface area contributed by atoms with Gasteiger partial charge in [0, 0.05) is 12.4 Å². The van der Waals surface area contributed by atoms with Crippen LogP contribution in [0.15, 0.2) is 48.8 Å². The summed E-state index contributed by atoms with van der Waals surface area (Å²) in [4.78, 5) is 42.6. The Morgan fingerprint density at radius 2 is 0.714 bits per heavy atom. The number of carbonyl (C=O) groups is 4. The van der Waals surface area contributed by atoms with Crippen molar-refractivity contribution in [3.8, 4) is 11.4 Å². The first kappa shape index (κ1) is 28.2. The summed E-state index contributed by atoms with van der Waals surface area (Å²) in [7, 11) is 0. The molecule has 0 bridgehead atoms. The smallest absolute Gasteiger partial charge is 0.450 e. The summed E-state index contributed by atoms with van der Waals surface area (Å²) in [6.45, 7) is 0. The monoisotopic (exact) mass is 404 g/mol. The van der Waals surface area contributed by atoms with E-state index in [0.717, 1.165) is 11.4 Å². The van der Waals surface area contributed by atoms with Crippen molar-refractivity contribution in [3.05, 3.63) is 48.8 Å². The molecule has 2 aromatic rings. The molecule has 8 N–H and O–H groups in total. The van der Waals surface area contributed by atoms with Gasteiger partial charge in [0.2, 0.25) is 0 Å². The molecule has 14 nitrogen and oxygen atoms in total. The van der Waals surface area contributed by atoms with Crippen molar-refractivity contribution in [2.24, 2.45) is 0 Å². The van der Waals surface area contributed by atoms with Gasteiger partial charge in [0.25, 0.3) is 0 Å².